The fraction of sp³-hybridized carbons (Fsp3) is 0.333. The van der Waals surface area contributed by atoms with Crippen LogP contribution in [0.3, 0.4) is 0 Å². The topological polar surface area (TPSA) is 16.8 Å². The number of benzene rings is 2. The number of rotatable bonds is 2. The molecule has 0 fully saturated rings. The number of hydrogen-bond acceptors (Lipinski definition) is 1. The predicted octanol–water partition coefficient (Wildman–Crippen LogP) is 4.77. The maximum Gasteiger partial charge on any atom is 0.287 e. The first-order valence-electron chi connectivity index (χ1n) is 8.25. The standard InChI is InChI=1S/C21H25N2/c1-13(2)17-7-8-18-20(11-17)22-12-23(6)21(18)19-10-14(3)9-15(4)16(19)5/h7-13H,1-6H3/q+1. The molecule has 3 rings (SSSR count). The van der Waals surface area contributed by atoms with Crippen molar-refractivity contribution in [1.82, 2.24) is 4.98 Å². The first kappa shape index (κ1) is 15.7. The number of aryl methyl sites for hydroxylation is 3. The lowest BCUT2D eigenvalue weighted by Gasteiger charge is -2.13. The molecule has 0 bridgehead atoms. The molecule has 0 aliphatic heterocycles. The molecule has 2 nitrogen and oxygen atoms in total. The molecular formula is C21H25N2+. The minimum Gasteiger partial charge on any atom is -0.232 e. The lowest BCUT2D eigenvalue weighted by Crippen LogP contribution is -2.32. The summed E-state index contributed by atoms with van der Waals surface area (Å²) in [4.78, 5) is 4.65. The molecular weight excluding hydrogens is 280 g/mol. The van der Waals surface area contributed by atoms with E-state index in [4.69, 9.17) is 0 Å². The van der Waals surface area contributed by atoms with Crippen molar-refractivity contribution < 1.29 is 4.57 Å². The summed E-state index contributed by atoms with van der Waals surface area (Å²) in [6.07, 6.45) is 1.93. The number of nitrogens with zero attached hydrogens (tertiary/aromatic N) is 2. The summed E-state index contributed by atoms with van der Waals surface area (Å²) in [5.74, 6) is 0.515. The number of hydrogen-bond donors (Lipinski definition) is 0. The monoisotopic (exact) mass is 305 g/mol. The molecule has 0 saturated carbocycles. The summed E-state index contributed by atoms with van der Waals surface area (Å²) in [5.41, 5.74) is 8.93. The van der Waals surface area contributed by atoms with E-state index >= 15 is 0 Å². The summed E-state index contributed by atoms with van der Waals surface area (Å²) in [7, 11) is 2.08. The van der Waals surface area contributed by atoms with Gasteiger partial charge in [-0.05, 0) is 66.6 Å². The van der Waals surface area contributed by atoms with Gasteiger partial charge in [0.2, 0.25) is 0 Å². The summed E-state index contributed by atoms with van der Waals surface area (Å²) in [6.45, 7) is 11.0. The smallest absolute Gasteiger partial charge is 0.232 e. The van der Waals surface area contributed by atoms with Crippen molar-refractivity contribution in [3.63, 3.8) is 0 Å². The molecule has 1 aromatic heterocycles. The summed E-state index contributed by atoms with van der Waals surface area (Å²) < 4.78 is 2.14. The Morgan fingerprint density at radius 3 is 2.43 bits per heavy atom. The van der Waals surface area contributed by atoms with Gasteiger partial charge in [0.1, 0.15) is 5.69 Å². The van der Waals surface area contributed by atoms with E-state index in [2.05, 4.69) is 81.5 Å². The van der Waals surface area contributed by atoms with Gasteiger partial charge in [-0.15, -0.1) is 0 Å². The van der Waals surface area contributed by atoms with Crippen molar-refractivity contribution in [3.8, 4) is 11.3 Å². The van der Waals surface area contributed by atoms with Crippen LogP contribution in [-0.4, -0.2) is 4.98 Å². The quantitative estimate of drug-likeness (QED) is 0.623. The van der Waals surface area contributed by atoms with Gasteiger partial charge in [0.25, 0.3) is 6.33 Å². The van der Waals surface area contributed by atoms with Crippen LogP contribution in [0.5, 0.6) is 0 Å². The molecule has 0 saturated heterocycles. The summed E-state index contributed by atoms with van der Waals surface area (Å²) >= 11 is 0. The largest absolute Gasteiger partial charge is 0.287 e. The average molecular weight is 305 g/mol. The molecule has 0 atom stereocenters. The Morgan fingerprint density at radius 1 is 1.00 bits per heavy atom. The second kappa shape index (κ2) is 5.77. The third-order valence-corrected chi connectivity index (χ3v) is 4.73. The molecule has 0 radical (unpaired) electrons. The normalized spacial score (nSPS) is 11.4. The molecule has 0 spiro atoms. The molecule has 0 amide bonds. The molecule has 0 aliphatic carbocycles. The van der Waals surface area contributed by atoms with E-state index in [9.17, 15) is 0 Å². The van der Waals surface area contributed by atoms with Crippen LogP contribution in [0.4, 0.5) is 0 Å². The highest BCUT2D eigenvalue weighted by Crippen LogP contribution is 2.30. The van der Waals surface area contributed by atoms with Crippen molar-refractivity contribution >= 4 is 10.9 Å². The first-order valence-corrected chi connectivity index (χ1v) is 8.25. The molecule has 0 unspecified atom stereocenters. The molecule has 2 heteroatoms. The van der Waals surface area contributed by atoms with Gasteiger partial charge in [-0.2, -0.15) is 0 Å². The molecule has 118 valence electrons. The van der Waals surface area contributed by atoms with Crippen LogP contribution >= 0.6 is 0 Å². The van der Waals surface area contributed by atoms with Crippen LogP contribution in [-0.2, 0) is 7.05 Å². The zero-order chi connectivity index (χ0) is 16.7. The number of aromatic nitrogens is 2. The van der Waals surface area contributed by atoms with Crippen LogP contribution in [0.1, 0.15) is 42.0 Å². The maximum atomic E-state index is 4.65. The lowest BCUT2D eigenvalue weighted by molar-refractivity contribution is -0.662. The Labute approximate surface area is 138 Å². The Kier molecular flexibility index (Phi) is 3.93. The van der Waals surface area contributed by atoms with Gasteiger partial charge >= 0.3 is 0 Å². The van der Waals surface area contributed by atoms with Crippen molar-refractivity contribution in [2.45, 2.75) is 40.5 Å². The van der Waals surface area contributed by atoms with Crippen LogP contribution < -0.4 is 4.57 Å². The van der Waals surface area contributed by atoms with Gasteiger partial charge in [-0.1, -0.05) is 31.5 Å². The zero-order valence-corrected chi connectivity index (χ0v) is 14.9. The minimum atomic E-state index is 0.515. The Bertz CT molecular complexity index is 892. The second-order valence-corrected chi connectivity index (χ2v) is 6.89. The highest BCUT2D eigenvalue weighted by atomic mass is 15.0. The Morgan fingerprint density at radius 2 is 1.74 bits per heavy atom. The van der Waals surface area contributed by atoms with E-state index in [1.165, 1.54) is 38.9 Å². The SMILES string of the molecule is Cc1cc(C)c(C)c(-c2c3ccc(C(C)C)cc3nc[n+]2C)c1. The maximum absolute atomic E-state index is 4.65. The third-order valence-electron chi connectivity index (χ3n) is 4.73. The highest BCUT2D eigenvalue weighted by molar-refractivity contribution is 5.92. The zero-order valence-electron chi connectivity index (χ0n) is 14.9. The van der Waals surface area contributed by atoms with Crippen LogP contribution in [0.2, 0.25) is 0 Å². The molecule has 3 aromatic rings. The predicted molar refractivity (Wildman–Crippen MR) is 96.7 cm³/mol. The van der Waals surface area contributed by atoms with Crippen LogP contribution in [0.15, 0.2) is 36.7 Å². The van der Waals surface area contributed by atoms with E-state index in [1.54, 1.807) is 0 Å². The Hall–Kier alpha value is -2.22. The van der Waals surface area contributed by atoms with Crippen molar-refractivity contribution in [2.24, 2.45) is 7.05 Å². The summed E-state index contributed by atoms with van der Waals surface area (Å²) in [5, 5.41) is 1.22. The second-order valence-electron chi connectivity index (χ2n) is 6.89. The van der Waals surface area contributed by atoms with E-state index in [0.717, 1.165) is 5.52 Å². The van der Waals surface area contributed by atoms with E-state index in [-0.39, 0.29) is 0 Å². The van der Waals surface area contributed by atoms with Gasteiger partial charge in [0.15, 0.2) is 5.52 Å². The summed E-state index contributed by atoms with van der Waals surface area (Å²) in [6, 6.07) is 11.2. The molecule has 0 N–H and O–H groups in total. The van der Waals surface area contributed by atoms with E-state index in [1.807, 2.05) is 6.33 Å². The molecule has 23 heavy (non-hydrogen) atoms. The minimum absolute atomic E-state index is 0.515. The van der Waals surface area contributed by atoms with Gasteiger partial charge in [0, 0.05) is 5.56 Å². The van der Waals surface area contributed by atoms with Crippen molar-refractivity contribution in [2.75, 3.05) is 0 Å². The fourth-order valence-electron chi connectivity index (χ4n) is 3.23. The van der Waals surface area contributed by atoms with Crippen molar-refractivity contribution in [3.05, 3.63) is 58.9 Å². The van der Waals surface area contributed by atoms with E-state index < -0.39 is 0 Å². The average Bonchev–Trinajstić information content (AvgIpc) is 2.50. The molecule has 0 aliphatic rings. The van der Waals surface area contributed by atoms with E-state index in [0.29, 0.717) is 5.92 Å². The highest BCUT2D eigenvalue weighted by Gasteiger charge is 2.18. The third kappa shape index (κ3) is 2.74. The van der Waals surface area contributed by atoms with Crippen molar-refractivity contribution in [1.29, 1.82) is 0 Å². The van der Waals surface area contributed by atoms with Gasteiger partial charge in [0.05, 0.1) is 12.4 Å². The lowest BCUT2D eigenvalue weighted by atomic mass is 9.94. The van der Waals surface area contributed by atoms with Crippen LogP contribution in [0.25, 0.3) is 22.2 Å². The Balaban J connectivity index is 2.35. The van der Waals surface area contributed by atoms with Crippen LogP contribution in [0, 0.1) is 20.8 Å². The first-order chi connectivity index (χ1) is 10.9. The van der Waals surface area contributed by atoms with Gasteiger partial charge < -0.3 is 0 Å². The fourth-order valence-corrected chi connectivity index (χ4v) is 3.23. The van der Waals surface area contributed by atoms with Gasteiger partial charge in [-0.3, -0.25) is 0 Å². The number of fused-ring (bicyclic) bond motifs is 1. The van der Waals surface area contributed by atoms with Gasteiger partial charge in [-0.25, -0.2) is 4.57 Å². The molecule has 2 aromatic carbocycles. The molecule has 1 heterocycles.